The Morgan fingerprint density at radius 3 is 2.38 bits per heavy atom. The Morgan fingerprint density at radius 2 is 1.67 bits per heavy atom. The summed E-state index contributed by atoms with van der Waals surface area (Å²) in [7, 11) is 0. The van der Waals surface area contributed by atoms with Gasteiger partial charge in [-0.25, -0.2) is 0 Å². The van der Waals surface area contributed by atoms with Gasteiger partial charge < -0.3 is 10.6 Å². The first-order valence-corrected chi connectivity index (χ1v) is 7.85. The van der Waals surface area contributed by atoms with Gasteiger partial charge in [0.05, 0.1) is 0 Å². The van der Waals surface area contributed by atoms with Crippen LogP contribution in [0.25, 0.3) is 0 Å². The van der Waals surface area contributed by atoms with Gasteiger partial charge in [-0.15, -0.1) is 0 Å². The fourth-order valence-electron chi connectivity index (χ4n) is 2.79. The van der Waals surface area contributed by atoms with Gasteiger partial charge in [0, 0.05) is 25.1 Å². The predicted molar refractivity (Wildman–Crippen MR) is 83.0 cm³/mol. The second kappa shape index (κ2) is 8.45. The molecule has 1 fully saturated rings. The van der Waals surface area contributed by atoms with Crippen molar-refractivity contribution in [3.8, 4) is 0 Å². The smallest absolute Gasteiger partial charge is 0.251 e. The summed E-state index contributed by atoms with van der Waals surface area (Å²) in [5.41, 5.74) is 0.644. The average Bonchev–Trinajstić information content (AvgIpc) is 3.03. The first-order chi connectivity index (χ1) is 10.3. The highest BCUT2D eigenvalue weighted by Crippen LogP contribution is 2.28. The molecule has 1 aromatic carbocycles. The fourth-order valence-corrected chi connectivity index (χ4v) is 2.79. The Morgan fingerprint density at radius 1 is 1.00 bits per heavy atom. The largest absolute Gasteiger partial charge is 0.354 e. The third kappa shape index (κ3) is 5.58. The van der Waals surface area contributed by atoms with E-state index in [0.717, 1.165) is 12.3 Å². The quantitative estimate of drug-likeness (QED) is 0.757. The lowest BCUT2D eigenvalue weighted by Gasteiger charge is -2.09. The second-order valence-electron chi connectivity index (χ2n) is 5.66. The van der Waals surface area contributed by atoms with Crippen LogP contribution in [-0.4, -0.2) is 24.9 Å². The van der Waals surface area contributed by atoms with E-state index < -0.39 is 0 Å². The van der Waals surface area contributed by atoms with Crippen LogP contribution in [0.1, 0.15) is 48.9 Å². The van der Waals surface area contributed by atoms with Gasteiger partial charge in [0.2, 0.25) is 5.91 Å². The van der Waals surface area contributed by atoms with E-state index in [1.807, 2.05) is 18.2 Å². The van der Waals surface area contributed by atoms with Crippen molar-refractivity contribution in [1.29, 1.82) is 0 Å². The summed E-state index contributed by atoms with van der Waals surface area (Å²) in [6.45, 7) is 0.949. The standard InChI is InChI=1S/C17H24N2O2/c20-16(11-10-14-6-4-5-7-14)18-12-13-19-17(21)15-8-2-1-3-9-15/h1-3,8-9,14H,4-7,10-13H2,(H,18,20)(H,19,21). The third-order valence-electron chi connectivity index (χ3n) is 4.02. The Bertz CT molecular complexity index is 453. The van der Waals surface area contributed by atoms with Crippen LogP contribution in [0.5, 0.6) is 0 Å². The van der Waals surface area contributed by atoms with Gasteiger partial charge >= 0.3 is 0 Å². The van der Waals surface area contributed by atoms with Crippen molar-refractivity contribution in [3.63, 3.8) is 0 Å². The highest BCUT2D eigenvalue weighted by Gasteiger charge is 2.15. The number of carbonyl (C=O) groups is 2. The molecule has 2 amide bonds. The Hall–Kier alpha value is -1.84. The molecule has 4 nitrogen and oxygen atoms in total. The molecular weight excluding hydrogens is 264 g/mol. The van der Waals surface area contributed by atoms with Crippen molar-refractivity contribution in [1.82, 2.24) is 10.6 Å². The van der Waals surface area contributed by atoms with E-state index in [1.54, 1.807) is 12.1 Å². The molecule has 2 rings (SSSR count). The summed E-state index contributed by atoms with van der Waals surface area (Å²) < 4.78 is 0. The first-order valence-electron chi connectivity index (χ1n) is 7.85. The van der Waals surface area contributed by atoms with Gasteiger partial charge in [-0.1, -0.05) is 43.9 Å². The molecule has 1 aliphatic rings. The summed E-state index contributed by atoms with van der Waals surface area (Å²) in [5.74, 6) is 0.736. The zero-order valence-corrected chi connectivity index (χ0v) is 12.4. The summed E-state index contributed by atoms with van der Waals surface area (Å²) in [4.78, 5) is 23.5. The molecule has 0 radical (unpaired) electrons. The molecule has 1 saturated carbocycles. The zero-order chi connectivity index (χ0) is 14.9. The van der Waals surface area contributed by atoms with Gasteiger partial charge in [0.1, 0.15) is 0 Å². The summed E-state index contributed by atoms with van der Waals surface area (Å²) >= 11 is 0. The maximum atomic E-state index is 11.8. The molecule has 0 aromatic heterocycles. The van der Waals surface area contributed by atoms with Crippen LogP contribution in [0.15, 0.2) is 30.3 Å². The van der Waals surface area contributed by atoms with Crippen LogP contribution in [0.2, 0.25) is 0 Å². The van der Waals surface area contributed by atoms with Crippen LogP contribution < -0.4 is 10.6 Å². The molecule has 0 heterocycles. The van der Waals surface area contributed by atoms with E-state index in [4.69, 9.17) is 0 Å². The van der Waals surface area contributed by atoms with Crippen molar-refractivity contribution in [2.45, 2.75) is 38.5 Å². The maximum absolute atomic E-state index is 11.8. The Balaban J connectivity index is 1.54. The second-order valence-corrected chi connectivity index (χ2v) is 5.66. The van der Waals surface area contributed by atoms with E-state index in [0.29, 0.717) is 25.1 Å². The Kier molecular flexibility index (Phi) is 6.25. The minimum absolute atomic E-state index is 0.0934. The number of carbonyl (C=O) groups excluding carboxylic acids is 2. The van der Waals surface area contributed by atoms with Crippen LogP contribution in [-0.2, 0) is 4.79 Å². The van der Waals surface area contributed by atoms with Crippen LogP contribution >= 0.6 is 0 Å². The minimum Gasteiger partial charge on any atom is -0.354 e. The zero-order valence-electron chi connectivity index (χ0n) is 12.4. The van der Waals surface area contributed by atoms with Gasteiger partial charge in [-0.2, -0.15) is 0 Å². The van der Waals surface area contributed by atoms with Crippen molar-refractivity contribution in [2.24, 2.45) is 5.92 Å². The number of nitrogens with one attached hydrogen (secondary N) is 2. The van der Waals surface area contributed by atoms with E-state index >= 15 is 0 Å². The molecular formula is C17H24N2O2. The van der Waals surface area contributed by atoms with Crippen LogP contribution in [0, 0.1) is 5.92 Å². The number of benzene rings is 1. The van der Waals surface area contributed by atoms with Gasteiger partial charge in [0.25, 0.3) is 5.91 Å². The number of hydrogen-bond donors (Lipinski definition) is 2. The topological polar surface area (TPSA) is 58.2 Å². The van der Waals surface area contributed by atoms with Crippen molar-refractivity contribution in [3.05, 3.63) is 35.9 Å². The lowest BCUT2D eigenvalue weighted by Crippen LogP contribution is -2.34. The summed E-state index contributed by atoms with van der Waals surface area (Å²) in [6, 6.07) is 9.09. The van der Waals surface area contributed by atoms with Crippen LogP contribution in [0.3, 0.4) is 0 Å². The van der Waals surface area contributed by atoms with E-state index in [-0.39, 0.29) is 11.8 Å². The summed E-state index contributed by atoms with van der Waals surface area (Å²) in [5, 5.41) is 5.66. The van der Waals surface area contributed by atoms with Crippen LogP contribution in [0.4, 0.5) is 0 Å². The highest BCUT2D eigenvalue weighted by molar-refractivity contribution is 5.94. The molecule has 1 aromatic rings. The van der Waals surface area contributed by atoms with Crippen molar-refractivity contribution in [2.75, 3.05) is 13.1 Å². The molecule has 0 saturated heterocycles. The monoisotopic (exact) mass is 288 g/mol. The lowest BCUT2D eigenvalue weighted by atomic mass is 10.0. The van der Waals surface area contributed by atoms with Gasteiger partial charge in [0.15, 0.2) is 0 Å². The number of hydrogen-bond acceptors (Lipinski definition) is 2. The van der Waals surface area contributed by atoms with E-state index in [2.05, 4.69) is 10.6 Å². The van der Waals surface area contributed by atoms with Gasteiger partial charge in [-0.05, 0) is 24.5 Å². The molecule has 0 unspecified atom stereocenters. The third-order valence-corrected chi connectivity index (χ3v) is 4.02. The van der Waals surface area contributed by atoms with E-state index in [9.17, 15) is 9.59 Å². The fraction of sp³-hybridized carbons (Fsp3) is 0.529. The highest BCUT2D eigenvalue weighted by atomic mass is 16.2. The molecule has 0 aliphatic heterocycles. The molecule has 2 N–H and O–H groups in total. The molecule has 4 heteroatoms. The lowest BCUT2D eigenvalue weighted by molar-refractivity contribution is -0.121. The van der Waals surface area contributed by atoms with Crippen molar-refractivity contribution < 1.29 is 9.59 Å². The van der Waals surface area contributed by atoms with Crippen molar-refractivity contribution >= 4 is 11.8 Å². The molecule has 1 aliphatic carbocycles. The Labute approximate surface area is 126 Å². The molecule has 114 valence electrons. The average molecular weight is 288 g/mol. The molecule has 0 bridgehead atoms. The number of rotatable bonds is 7. The molecule has 0 spiro atoms. The minimum atomic E-state index is -0.101. The number of amides is 2. The molecule has 0 atom stereocenters. The first kappa shape index (κ1) is 15.5. The summed E-state index contributed by atoms with van der Waals surface area (Å²) in [6.07, 6.45) is 6.80. The maximum Gasteiger partial charge on any atom is 0.251 e. The SMILES string of the molecule is O=C(CCC1CCCC1)NCCNC(=O)c1ccccc1. The van der Waals surface area contributed by atoms with E-state index in [1.165, 1.54) is 25.7 Å². The normalized spacial score (nSPS) is 14.9. The predicted octanol–water partition coefficient (Wildman–Crippen LogP) is 2.50. The molecule has 21 heavy (non-hydrogen) atoms. The van der Waals surface area contributed by atoms with Gasteiger partial charge in [-0.3, -0.25) is 9.59 Å².